The number of para-hydroxylation sites is 1. The largest absolute Gasteiger partial charge is 0.496 e. The minimum absolute atomic E-state index is 0.0588. The molecule has 0 spiro atoms. The SMILES string of the molecule is COc1ccccc1C1CCN(CCCNC(=O)Nc2cccc(C3C(C(=O)O)=C(C)N=C(C)C3C(=O)O)c2)CC1. The van der Waals surface area contributed by atoms with Crippen LogP contribution >= 0.6 is 0 Å². The second-order valence-electron chi connectivity index (χ2n) is 10.6. The maximum absolute atomic E-state index is 12.6. The fraction of sp³-hybridized carbons (Fsp3) is 0.419. The zero-order valence-corrected chi connectivity index (χ0v) is 23.7. The number of rotatable bonds is 10. The molecule has 2 heterocycles. The lowest BCUT2D eigenvalue weighted by atomic mass is 9.75. The molecule has 1 saturated heterocycles. The predicted molar refractivity (Wildman–Crippen MR) is 157 cm³/mol. The molecule has 218 valence electrons. The number of benzene rings is 2. The lowest BCUT2D eigenvalue weighted by Gasteiger charge is -2.32. The number of carbonyl (C=O) groups excluding carboxylic acids is 1. The molecule has 0 aliphatic carbocycles. The summed E-state index contributed by atoms with van der Waals surface area (Å²) in [4.78, 5) is 43.3. The number of aliphatic carboxylic acids is 2. The number of allylic oxidation sites excluding steroid dienone is 1. The van der Waals surface area contributed by atoms with Gasteiger partial charge in [-0.2, -0.15) is 0 Å². The van der Waals surface area contributed by atoms with Crippen molar-refractivity contribution in [3.8, 4) is 5.75 Å². The van der Waals surface area contributed by atoms with Gasteiger partial charge in [0.15, 0.2) is 0 Å². The van der Waals surface area contributed by atoms with E-state index in [0.717, 1.165) is 44.6 Å². The van der Waals surface area contributed by atoms with Gasteiger partial charge in [0.25, 0.3) is 0 Å². The van der Waals surface area contributed by atoms with Crippen molar-refractivity contribution in [3.05, 3.63) is 70.9 Å². The molecule has 2 aliphatic heterocycles. The molecule has 0 aromatic heterocycles. The van der Waals surface area contributed by atoms with E-state index >= 15 is 0 Å². The third kappa shape index (κ3) is 7.13. The van der Waals surface area contributed by atoms with Crippen LogP contribution in [0.1, 0.15) is 56.1 Å². The number of carboxylic acid groups (broad SMARTS) is 2. The Hall–Kier alpha value is -4.18. The Morgan fingerprint density at radius 1 is 1.05 bits per heavy atom. The quantitative estimate of drug-likeness (QED) is 0.308. The fourth-order valence-electron chi connectivity index (χ4n) is 5.96. The van der Waals surface area contributed by atoms with E-state index in [4.69, 9.17) is 4.74 Å². The second-order valence-corrected chi connectivity index (χ2v) is 10.6. The summed E-state index contributed by atoms with van der Waals surface area (Å²) < 4.78 is 5.53. The number of aliphatic imine (C=N–C) groups is 1. The minimum atomic E-state index is -1.21. The van der Waals surface area contributed by atoms with Gasteiger partial charge < -0.3 is 30.5 Å². The predicted octanol–water partition coefficient (Wildman–Crippen LogP) is 4.70. The van der Waals surface area contributed by atoms with Crippen LogP contribution in [0.15, 0.2) is 64.8 Å². The smallest absolute Gasteiger partial charge is 0.334 e. The van der Waals surface area contributed by atoms with Crippen LogP contribution in [0.2, 0.25) is 0 Å². The van der Waals surface area contributed by atoms with Crippen molar-refractivity contribution >= 4 is 29.4 Å². The van der Waals surface area contributed by atoms with Crippen molar-refractivity contribution in [1.29, 1.82) is 0 Å². The van der Waals surface area contributed by atoms with Gasteiger partial charge in [-0.05, 0) is 88.0 Å². The number of likely N-dealkylation sites (tertiary alicyclic amines) is 1. The Labute approximate surface area is 240 Å². The molecule has 0 saturated carbocycles. The summed E-state index contributed by atoms with van der Waals surface area (Å²) in [6.45, 7) is 6.54. The molecule has 10 nitrogen and oxygen atoms in total. The van der Waals surface area contributed by atoms with Gasteiger partial charge in [-0.3, -0.25) is 9.79 Å². The molecule has 2 unspecified atom stereocenters. The van der Waals surface area contributed by atoms with Crippen molar-refractivity contribution in [2.45, 2.75) is 44.9 Å². The van der Waals surface area contributed by atoms with Gasteiger partial charge in [-0.25, -0.2) is 9.59 Å². The molecule has 41 heavy (non-hydrogen) atoms. The van der Waals surface area contributed by atoms with Crippen LogP contribution in [0.25, 0.3) is 0 Å². The van der Waals surface area contributed by atoms with Crippen LogP contribution in [0.4, 0.5) is 10.5 Å². The molecule has 2 amide bonds. The highest BCUT2D eigenvalue weighted by atomic mass is 16.5. The minimum Gasteiger partial charge on any atom is -0.496 e. The number of methoxy groups -OCH3 is 1. The Balaban J connectivity index is 1.28. The monoisotopic (exact) mass is 562 g/mol. The number of carboxylic acids is 2. The van der Waals surface area contributed by atoms with Gasteiger partial charge >= 0.3 is 18.0 Å². The zero-order valence-electron chi connectivity index (χ0n) is 23.7. The first kappa shape index (κ1) is 29.8. The van der Waals surface area contributed by atoms with Crippen LogP contribution < -0.4 is 15.4 Å². The Morgan fingerprint density at radius 3 is 2.46 bits per heavy atom. The standard InChI is InChI=1S/C31H38N4O6/c1-19-26(29(36)37)28(27(30(38)39)20(2)33-19)22-8-6-9-23(18-22)34-31(40)32-14-7-15-35-16-12-21(13-17-35)24-10-4-5-11-25(24)41-3/h4-6,8-11,18,21,26,28H,7,12-17H2,1-3H3,(H,36,37)(H,38,39)(H2,32,34,40). The highest BCUT2D eigenvalue weighted by molar-refractivity contribution is 6.06. The number of hydrogen-bond acceptors (Lipinski definition) is 6. The molecule has 2 atom stereocenters. The first-order chi connectivity index (χ1) is 19.7. The zero-order chi connectivity index (χ0) is 29.5. The van der Waals surface area contributed by atoms with Gasteiger partial charge in [0, 0.05) is 29.6 Å². The lowest BCUT2D eigenvalue weighted by Crippen LogP contribution is -2.36. The summed E-state index contributed by atoms with van der Waals surface area (Å²) in [7, 11) is 1.71. The Morgan fingerprint density at radius 2 is 1.78 bits per heavy atom. The molecule has 10 heteroatoms. The molecule has 4 rings (SSSR count). The summed E-state index contributed by atoms with van der Waals surface area (Å²) in [6.07, 6.45) is 2.94. The number of piperidine rings is 1. The number of urea groups is 1. The van der Waals surface area contributed by atoms with Crippen molar-refractivity contribution in [1.82, 2.24) is 10.2 Å². The van der Waals surface area contributed by atoms with Crippen molar-refractivity contribution in [2.24, 2.45) is 10.9 Å². The molecule has 2 aliphatic rings. The van der Waals surface area contributed by atoms with Crippen LogP contribution in [-0.4, -0.2) is 72.1 Å². The fourth-order valence-corrected chi connectivity index (χ4v) is 5.96. The van der Waals surface area contributed by atoms with Crippen LogP contribution in [0.5, 0.6) is 5.75 Å². The molecule has 1 fully saturated rings. The van der Waals surface area contributed by atoms with Gasteiger partial charge in [-0.1, -0.05) is 30.3 Å². The summed E-state index contributed by atoms with van der Waals surface area (Å²) in [6, 6.07) is 14.5. The number of anilines is 1. The average molecular weight is 563 g/mol. The average Bonchev–Trinajstić information content (AvgIpc) is 2.95. The first-order valence-electron chi connectivity index (χ1n) is 13.9. The van der Waals surface area contributed by atoms with E-state index in [0.29, 0.717) is 29.4 Å². The summed E-state index contributed by atoms with van der Waals surface area (Å²) in [5.41, 5.74) is 2.76. The molecule has 0 bridgehead atoms. The molecule has 2 aromatic carbocycles. The van der Waals surface area contributed by atoms with E-state index in [1.165, 1.54) is 5.56 Å². The topological polar surface area (TPSA) is 141 Å². The van der Waals surface area contributed by atoms with Crippen molar-refractivity contribution < 1.29 is 29.3 Å². The third-order valence-electron chi connectivity index (χ3n) is 7.93. The normalized spacial score (nSPS) is 19.8. The van der Waals surface area contributed by atoms with E-state index in [9.17, 15) is 24.6 Å². The maximum atomic E-state index is 12.6. The van der Waals surface area contributed by atoms with Gasteiger partial charge in [0.2, 0.25) is 0 Å². The molecule has 2 aromatic rings. The lowest BCUT2D eigenvalue weighted by molar-refractivity contribution is -0.140. The van der Waals surface area contributed by atoms with Gasteiger partial charge in [0.05, 0.1) is 12.7 Å². The van der Waals surface area contributed by atoms with E-state index in [-0.39, 0.29) is 17.3 Å². The number of hydrogen-bond donors (Lipinski definition) is 4. The van der Waals surface area contributed by atoms with Crippen LogP contribution in [-0.2, 0) is 9.59 Å². The molecule has 4 N–H and O–H groups in total. The number of nitrogens with zero attached hydrogens (tertiary/aromatic N) is 2. The number of carbonyl (C=O) groups is 3. The van der Waals surface area contributed by atoms with E-state index < -0.39 is 23.8 Å². The third-order valence-corrected chi connectivity index (χ3v) is 7.93. The van der Waals surface area contributed by atoms with Crippen molar-refractivity contribution in [2.75, 3.05) is 38.6 Å². The number of amides is 2. The number of ether oxygens (including phenoxy) is 1. The summed E-state index contributed by atoms with van der Waals surface area (Å²) in [5.74, 6) is -2.97. The Bertz CT molecular complexity index is 1350. The van der Waals surface area contributed by atoms with E-state index in [2.05, 4.69) is 32.7 Å². The molecule has 0 radical (unpaired) electrons. The summed E-state index contributed by atoms with van der Waals surface area (Å²) in [5, 5.41) is 25.4. The van der Waals surface area contributed by atoms with E-state index in [1.807, 2.05) is 12.1 Å². The van der Waals surface area contributed by atoms with Crippen molar-refractivity contribution in [3.63, 3.8) is 0 Å². The van der Waals surface area contributed by atoms with Crippen LogP contribution in [0, 0.1) is 5.92 Å². The molecular formula is C31H38N4O6. The van der Waals surface area contributed by atoms with Gasteiger partial charge in [-0.15, -0.1) is 0 Å². The Kier molecular flexibility index (Phi) is 9.78. The number of nitrogens with one attached hydrogen (secondary N) is 2. The maximum Gasteiger partial charge on any atom is 0.334 e. The highest BCUT2D eigenvalue weighted by Crippen LogP contribution is 2.40. The first-order valence-corrected chi connectivity index (χ1v) is 13.9. The molecular weight excluding hydrogens is 524 g/mol. The van der Waals surface area contributed by atoms with E-state index in [1.54, 1.807) is 45.2 Å². The highest BCUT2D eigenvalue weighted by Gasteiger charge is 2.41. The second kappa shape index (κ2) is 13.5. The van der Waals surface area contributed by atoms with Gasteiger partial charge in [0.1, 0.15) is 11.7 Å². The summed E-state index contributed by atoms with van der Waals surface area (Å²) >= 11 is 0. The van der Waals surface area contributed by atoms with Crippen LogP contribution in [0.3, 0.4) is 0 Å².